The lowest BCUT2D eigenvalue weighted by Crippen LogP contribution is -2.10. The number of hydrogen-bond acceptors (Lipinski definition) is 5. The predicted octanol–water partition coefficient (Wildman–Crippen LogP) is 29.8. The summed E-state index contributed by atoms with van der Waals surface area (Å²) in [5.74, 6) is 0. The number of anilines is 12. The van der Waals surface area contributed by atoms with Crippen LogP contribution in [0.4, 0.5) is 68.2 Å². The summed E-state index contributed by atoms with van der Waals surface area (Å²) < 4.78 is 6.50. The van der Waals surface area contributed by atoms with E-state index < -0.39 is 0 Å². The van der Waals surface area contributed by atoms with Gasteiger partial charge in [-0.05, 0) is 235 Å². The summed E-state index contributed by atoms with van der Waals surface area (Å²) in [6.07, 6.45) is 0. The molecule has 0 spiro atoms. The molecule has 19 rings (SSSR count). The number of hydrogen-bond donors (Lipinski definition) is 0. The van der Waals surface area contributed by atoms with E-state index in [1.54, 1.807) is 0 Å². The first-order chi connectivity index (χ1) is 54.0. The highest BCUT2D eigenvalue weighted by Gasteiger charge is 2.22. The fourth-order valence-corrected chi connectivity index (χ4v) is 15.6. The third-order valence-electron chi connectivity index (χ3n) is 21.0. The van der Waals surface area contributed by atoms with E-state index in [4.69, 9.17) is 4.42 Å². The fraction of sp³-hybridized carbons (Fsp3) is 0. The number of rotatable bonds is 18. The third kappa shape index (κ3) is 13.0. The molecule has 0 N–H and O–H groups in total. The van der Waals surface area contributed by atoms with Gasteiger partial charge in [0, 0.05) is 78.4 Å². The van der Waals surface area contributed by atoms with Gasteiger partial charge in [0.2, 0.25) is 0 Å². The average molecular weight is 1390 g/mol. The zero-order valence-corrected chi connectivity index (χ0v) is 59.8. The van der Waals surface area contributed by atoms with E-state index in [9.17, 15) is 0 Å². The van der Waals surface area contributed by atoms with Crippen LogP contribution in [0.25, 0.3) is 110 Å². The Morgan fingerprint density at radius 2 is 0.367 bits per heavy atom. The molecule has 18 aromatic carbocycles. The Morgan fingerprint density at radius 1 is 0.138 bits per heavy atom. The maximum absolute atomic E-state index is 6.50. The first-order valence-electron chi connectivity index (χ1n) is 37.2. The van der Waals surface area contributed by atoms with Crippen LogP contribution in [0.3, 0.4) is 0 Å². The first-order valence-corrected chi connectivity index (χ1v) is 37.2. The molecule has 0 saturated carbocycles. The summed E-state index contributed by atoms with van der Waals surface area (Å²) in [5.41, 5.74) is 28.6. The van der Waals surface area contributed by atoms with E-state index in [0.29, 0.717) is 0 Å². The van der Waals surface area contributed by atoms with Crippen LogP contribution >= 0.6 is 0 Å². The van der Waals surface area contributed by atoms with Gasteiger partial charge in [-0.25, -0.2) is 0 Å². The summed E-state index contributed by atoms with van der Waals surface area (Å²) in [6, 6.07) is 157. The Kier molecular flexibility index (Phi) is 17.3. The van der Waals surface area contributed by atoms with Crippen molar-refractivity contribution >= 4 is 112 Å². The molecule has 0 aliphatic carbocycles. The molecule has 0 atom stereocenters. The lowest BCUT2D eigenvalue weighted by Gasteiger charge is -2.28. The molecule has 0 bridgehead atoms. The number of para-hydroxylation sites is 3. The highest BCUT2D eigenvalue weighted by molar-refractivity contribution is 6.08. The monoisotopic (exact) mass is 1390 g/mol. The van der Waals surface area contributed by atoms with Crippen LogP contribution in [0.1, 0.15) is 0 Å². The van der Waals surface area contributed by atoms with Crippen LogP contribution in [-0.2, 0) is 0 Å². The molecule has 0 amide bonds. The molecule has 514 valence electrons. The van der Waals surface area contributed by atoms with Crippen LogP contribution in [0.5, 0.6) is 0 Å². The van der Waals surface area contributed by atoms with Crippen molar-refractivity contribution in [3.05, 3.63) is 437 Å². The van der Waals surface area contributed by atoms with E-state index in [1.807, 2.05) is 0 Å². The van der Waals surface area contributed by atoms with Crippen molar-refractivity contribution in [2.45, 2.75) is 0 Å². The summed E-state index contributed by atoms with van der Waals surface area (Å²) >= 11 is 0. The molecule has 0 unspecified atom stereocenters. The average Bonchev–Trinajstić information content (AvgIpc) is 1.38. The van der Waals surface area contributed by atoms with Gasteiger partial charge in [-0.2, -0.15) is 0 Å². The van der Waals surface area contributed by atoms with Crippen LogP contribution in [0.2, 0.25) is 0 Å². The molecule has 1 aromatic heterocycles. The minimum Gasteiger partial charge on any atom is -0.456 e. The molecule has 5 heteroatoms. The van der Waals surface area contributed by atoms with Crippen molar-refractivity contribution in [1.82, 2.24) is 0 Å². The van der Waals surface area contributed by atoms with Gasteiger partial charge in [0.1, 0.15) is 11.2 Å². The van der Waals surface area contributed by atoms with Gasteiger partial charge < -0.3 is 24.0 Å². The largest absolute Gasteiger partial charge is 0.456 e. The van der Waals surface area contributed by atoms with Crippen LogP contribution in [0, 0.1) is 0 Å². The van der Waals surface area contributed by atoms with Crippen LogP contribution in [0.15, 0.2) is 441 Å². The van der Waals surface area contributed by atoms with Crippen LogP contribution in [-0.4, -0.2) is 0 Å². The van der Waals surface area contributed by atoms with Gasteiger partial charge in [-0.3, -0.25) is 0 Å². The fourth-order valence-electron chi connectivity index (χ4n) is 15.6. The molecule has 0 fully saturated rings. The molecule has 0 aliphatic rings. The summed E-state index contributed by atoms with van der Waals surface area (Å²) in [4.78, 5) is 9.39. The maximum Gasteiger partial charge on any atom is 0.135 e. The Morgan fingerprint density at radius 3 is 0.743 bits per heavy atom. The van der Waals surface area contributed by atoms with Crippen molar-refractivity contribution in [3.8, 4) is 66.8 Å². The summed E-state index contributed by atoms with van der Waals surface area (Å²) in [6.45, 7) is 0. The quantitative estimate of drug-likeness (QED) is 0.0853. The molecule has 19 aromatic rings. The second kappa shape index (κ2) is 28.8. The highest BCUT2D eigenvalue weighted by Crippen LogP contribution is 2.46. The van der Waals surface area contributed by atoms with Crippen LogP contribution < -0.4 is 19.6 Å². The van der Waals surface area contributed by atoms with Gasteiger partial charge >= 0.3 is 0 Å². The van der Waals surface area contributed by atoms with Crippen molar-refractivity contribution in [2.24, 2.45) is 0 Å². The van der Waals surface area contributed by atoms with E-state index >= 15 is 0 Å². The molecule has 1 heterocycles. The lowest BCUT2D eigenvalue weighted by atomic mass is 9.99. The zero-order chi connectivity index (χ0) is 72.4. The second-order valence-corrected chi connectivity index (χ2v) is 27.6. The van der Waals surface area contributed by atoms with Gasteiger partial charge in [0.05, 0.1) is 11.4 Å². The lowest BCUT2D eigenvalue weighted by molar-refractivity contribution is 0.669. The van der Waals surface area contributed by atoms with E-state index in [1.165, 1.54) is 32.7 Å². The molecule has 0 radical (unpaired) electrons. The maximum atomic E-state index is 6.50. The Labute approximate surface area is 635 Å². The van der Waals surface area contributed by atoms with E-state index in [2.05, 4.69) is 456 Å². The number of benzene rings is 18. The Balaban J connectivity index is 0.565. The van der Waals surface area contributed by atoms with Crippen molar-refractivity contribution in [1.29, 1.82) is 0 Å². The van der Waals surface area contributed by atoms with Gasteiger partial charge in [0.15, 0.2) is 0 Å². The molecular formula is C104H72N4O. The van der Waals surface area contributed by atoms with E-state index in [-0.39, 0.29) is 0 Å². The predicted molar refractivity (Wildman–Crippen MR) is 460 cm³/mol. The minimum absolute atomic E-state index is 0.863. The van der Waals surface area contributed by atoms with E-state index in [0.717, 1.165) is 146 Å². The van der Waals surface area contributed by atoms with Crippen molar-refractivity contribution in [3.63, 3.8) is 0 Å². The van der Waals surface area contributed by atoms with Gasteiger partial charge in [0.25, 0.3) is 0 Å². The Bertz CT molecular complexity index is 6400. The summed E-state index contributed by atoms with van der Waals surface area (Å²) in [7, 11) is 0. The second-order valence-electron chi connectivity index (χ2n) is 27.6. The minimum atomic E-state index is 0.863. The summed E-state index contributed by atoms with van der Waals surface area (Å²) in [5, 5.41) is 6.96. The van der Waals surface area contributed by atoms with Gasteiger partial charge in [-0.1, -0.05) is 279 Å². The normalized spacial score (nSPS) is 11.3. The Hall–Kier alpha value is -14.5. The van der Waals surface area contributed by atoms with Crippen molar-refractivity contribution in [2.75, 3.05) is 19.6 Å². The zero-order valence-electron chi connectivity index (χ0n) is 59.8. The molecule has 0 aliphatic heterocycles. The van der Waals surface area contributed by atoms with Crippen molar-refractivity contribution < 1.29 is 4.42 Å². The topological polar surface area (TPSA) is 26.1 Å². The number of nitrogens with zero attached hydrogens (tertiary/aromatic N) is 4. The SMILES string of the molecule is c1ccc(-c2ccc(N(c3ccccc3)c3ccc(-c4ccc5oc6ccc(-c7ccc(N(c8ccccc8)c8ccc(-c9ccc(-c%10cccc(N(c%11ccc(-c%12ccc(N(c%13ccccc%13)c%13cccc%14ccccc%13%14)cc%12)cc%11)c%11cccc%12ccccc%11%12)c%10)cc9)cc8)cc7)cc6c5c4)cc3)cc2)cc1. The molecule has 0 saturated heterocycles. The molecular weight excluding hydrogens is 1320 g/mol. The standard InChI is InChI=1S/C104H72N4O/c1-5-20-73(21-6-1)75-42-56-90(57-43-75)105(87-27-7-2-8-28-87)92-60-50-80(51-61-92)85-54-68-103-99(71-85)100-72-86(55-69-104(100)109-103)81-52-62-93(63-53-81)106(88-29-9-3-10-30-88)91-58-44-76(45-59-91)74-38-40-79(41-39-74)84-26-17-33-96(70-84)108(102-37-19-25-83-23-14-16-35-98(83)102)95-66-48-78(49-67-95)77-46-64-94(65-47-77)107(89-31-11-4-12-32-89)101-36-18-24-82-22-13-15-34-97(82)101/h1-72H. The van der Waals surface area contributed by atoms with Gasteiger partial charge in [-0.15, -0.1) is 0 Å². The number of fused-ring (bicyclic) bond motifs is 5. The third-order valence-corrected chi connectivity index (χ3v) is 21.0. The highest BCUT2D eigenvalue weighted by atomic mass is 16.3. The molecule has 5 nitrogen and oxygen atoms in total. The number of furan rings is 1. The smallest absolute Gasteiger partial charge is 0.135 e. The first kappa shape index (κ1) is 65.3. The molecule has 109 heavy (non-hydrogen) atoms.